The molecule has 2 aromatic rings. The van der Waals surface area contributed by atoms with Crippen LogP contribution in [0.2, 0.25) is 0 Å². The van der Waals surface area contributed by atoms with Crippen LogP contribution in [0.1, 0.15) is 41.6 Å². The Morgan fingerprint density at radius 1 is 1.14 bits per heavy atom. The first-order valence-electron chi connectivity index (χ1n) is 10.4. The highest BCUT2D eigenvalue weighted by Crippen LogP contribution is 2.39. The normalized spacial score (nSPS) is 24.3. The van der Waals surface area contributed by atoms with Crippen molar-refractivity contribution in [1.29, 1.82) is 0 Å². The molecule has 0 aromatic heterocycles. The fourth-order valence-electron chi connectivity index (χ4n) is 4.72. The second kappa shape index (κ2) is 8.07. The van der Waals surface area contributed by atoms with E-state index in [2.05, 4.69) is 30.1 Å². The van der Waals surface area contributed by atoms with E-state index in [-0.39, 0.29) is 17.6 Å². The van der Waals surface area contributed by atoms with Crippen LogP contribution in [0.25, 0.3) is 0 Å². The molecule has 0 atom stereocenters. The molecule has 0 radical (unpaired) electrons. The number of nitrogens with zero attached hydrogens (tertiary/aromatic N) is 2. The molecule has 1 heterocycles. The molecule has 1 spiro atoms. The van der Waals surface area contributed by atoms with Crippen LogP contribution in [0, 0.1) is 0 Å². The molecular weight excluding hydrogens is 364 g/mol. The molecule has 154 valence electrons. The minimum atomic E-state index is -0.165. The number of fused-ring (bicyclic) bond motifs is 1. The van der Waals surface area contributed by atoms with Gasteiger partial charge >= 0.3 is 0 Å². The zero-order valence-electron chi connectivity index (χ0n) is 17.6. The summed E-state index contributed by atoms with van der Waals surface area (Å²) in [6, 6.07) is 15.9. The van der Waals surface area contributed by atoms with Crippen molar-refractivity contribution < 1.29 is 14.3 Å². The molecule has 0 N–H and O–H groups in total. The fourth-order valence-corrected chi connectivity index (χ4v) is 4.72. The summed E-state index contributed by atoms with van der Waals surface area (Å²) in [6.45, 7) is 1.84. The number of carbonyl (C=O) groups is 1. The molecule has 4 rings (SSSR count). The topological polar surface area (TPSA) is 42.0 Å². The van der Waals surface area contributed by atoms with Crippen molar-refractivity contribution in [2.45, 2.75) is 43.9 Å². The summed E-state index contributed by atoms with van der Waals surface area (Å²) >= 11 is 0. The van der Waals surface area contributed by atoms with Crippen molar-refractivity contribution in [1.82, 2.24) is 9.80 Å². The summed E-state index contributed by atoms with van der Waals surface area (Å²) in [5.74, 6) is 1.84. The number of amides is 1. The summed E-state index contributed by atoms with van der Waals surface area (Å²) in [5, 5.41) is 0. The average molecular weight is 395 g/mol. The molecule has 5 heteroatoms. The smallest absolute Gasteiger partial charge is 0.253 e. The maximum atomic E-state index is 12.9. The third-order valence-electron chi connectivity index (χ3n) is 6.37. The number of methoxy groups -OCH3 is 1. The predicted molar refractivity (Wildman–Crippen MR) is 113 cm³/mol. The zero-order chi connectivity index (χ0) is 20.4. The Balaban J connectivity index is 1.43. The van der Waals surface area contributed by atoms with Gasteiger partial charge in [-0.3, -0.25) is 9.69 Å². The lowest BCUT2D eigenvalue weighted by molar-refractivity contribution is -0.00842. The highest BCUT2D eigenvalue weighted by atomic mass is 16.5. The van der Waals surface area contributed by atoms with Crippen molar-refractivity contribution in [3.8, 4) is 11.5 Å². The van der Waals surface area contributed by atoms with Gasteiger partial charge in [0, 0.05) is 37.3 Å². The zero-order valence-corrected chi connectivity index (χ0v) is 17.6. The van der Waals surface area contributed by atoms with Crippen LogP contribution in [0.4, 0.5) is 0 Å². The van der Waals surface area contributed by atoms with E-state index in [4.69, 9.17) is 9.47 Å². The van der Waals surface area contributed by atoms with E-state index >= 15 is 0 Å². The van der Waals surface area contributed by atoms with E-state index in [9.17, 15) is 4.79 Å². The highest BCUT2D eigenvalue weighted by molar-refractivity contribution is 5.94. The Morgan fingerprint density at radius 2 is 1.83 bits per heavy atom. The molecule has 1 saturated carbocycles. The molecule has 0 saturated heterocycles. The predicted octanol–water partition coefficient (Wildman–Crippen LogP) is 3.97. The second-order valence-electron chi connectivity index (χ2n) is 8.44. The summed E-state index contributed by atoms with van der Waals surface area (Å²) in [5.41, 5.74) is 1.79. The molecule has 0 unspecified atom stereocenters. The van der Waals surface area contributed by atoms with Gasteiger partial charge in [0.05, 0.1) is 7.11 Å². The van der Waals surface area contributed by atoms with Crippen LogP contribution in [-0.4, -0.2) is 55.1 Å². The average Bonchev–Trinajstić information content (AvgIpc) is 2.88. The Labute approximate surface area is 173 Å². The van der Waals surface area contributed by atoms with Crippen LogP contribution in [0.5, 0.6) is 11.5 Å². The van der Waals surface area contributed by atoms with Gasteiger partial charge in [0.25, 0.3) is 5.91 Å². The Morgan fingerprint density at radius 3 is 2.52 bits per heavy atom. The lowest BCUT2D eigenvalue weighted by Gasteiger charge is -2.43. The van der Waals surface area contributed by atoms with Crippen LogP contribution >= 0.6 is 0 Å². The Hall–Kier alpha value is -2.53. The van der Waals surface area contributed by atoms with E-state index in [0.717, 1.165) is 50.3 Å². The van der Waals surface area contributed by atoms with Gasteiger partial charge in [0.2, 0.25) is 0 Å². The molecule has 2 aromatic carbocycles. The molecule has 1 aliphatic heterocycles. The summed E-state index contributed by atoms with van der Waals surface area (Å²) in [7, 11) is 5.72. The van der Waals surface area contributed by atoms with Crippen molar-refractivity contribution in [3.05, 3.63) is 59.7 Å². The Bertz CT molecular complexity index is 857. The van der Waals surface area contributed by atoms with Gasteiger partial charge in [0.15, 0.2) is 0 Å². The van der Waals surface area contributed by atoms with E-state index in [0.29, 0.717) is 5.56 Å². The first-order valence-corrected chi connectivity index (χ1v) is 10.4. The minimum Gasteiger partial charge on any atom is -0.497 e. The highest BCUT2D eigenvalue weighted by Gasteiger charge is 2.41. The molecule has 1 fully saturated rings. The molecule has 2 aliphatic rings. The van der Waals surface area contributed by atoms with Crippen molar-refractivity contribution in [2.24, 2.45) is 0 Å². The number of para-hydroxylation sites is 1. The summed E-state index contributed by atoms with van der Waals surface area (Å²) in [6.07, 6.45) is 3.82. The minimum absolute atomic E-state index is 0.0675. The van der Waals surface area contributed by atoms with Crippen molar-refractivity contribution in [3.63, 3.8) is 0 Å². The van der Waals surface area contributed by atoms with E-state index in [1.54, 1.807) is 7.11 Å². The van der Waals surface area contributed by atoms with Crippen molar-refractivity contribution in [2.75, 3.05) is 27.7 Å². The number of hydrogen-bond acceptors (Lipinski definition) is 4. The number of ether oxygens (including phenoxy) is 2. The van der Waals surface area contributed by atoms with E-state index in [1.165, 1.54) is 5.56 Å². The van der Waals surface area contributed by atoms with Crippen LogP contribution in [0.15, 0.2) is 48.5 Å². The molecular formula is C24H30N2O3. The third-order valence-corrected chi connectivity index (χ3v) is 6.37. The van der Waals surface area contributed by atoms with Crippen LogP contribution in [-0.2, 0) is 6.54 Å². The van der Waals surface area contributed by atoms with Gasteiger partial charge in [-0.2, -0.15) is 0 Å². The van der Waals surface area contributed by atoms with Crippen LogP contribution < -0.4 is 9.47 Å². The van der Waals surface area contributed by atoms with Gasteiger partial charge in [-0.1, -0.05) is 18.2 Å². The quantitative estimate of drug-likeness (QED) is 0.790. The largest absolute Gasteiger partial charge is 0.497 e. The molecule has 5 nitrogen and oxygen atoms in total. The number of rotatable bonds is 3. The van der Waals surface area contributed by atoms with Gasteiger partial charge in [-0.15, -0.1) is 0 Å². The lowest BCUT2D eigenvalue weighted by Crippen LogP contribution is -2.51. The number of benzene rings is 2. The maximum absolute atomic E-state index is 12.9. The standard InChI is InChI=1S/C24H30N2O3/c1-25-16-19-6-4-5-7-22(19)29-24(17-25)14-12-20(13-15-24)26(2)23(27)18-8-10-21(28-3)11-9-18/h4-11,20H,12-17H2,1-3H3. The monoisotopic (exact) mass is 394 g/mol. The van der Waals surface area contributed by atoms with Crippen molar-refractivity contribution >= 4 is 5.91 Å². The fraction of sp³-hybridized carbons (Fsp3) is 0.458. The summed E-state index contributed by atoms with van der Waals surface area (Å²) < 4.78 is 11.8. The number of likely N-dealkylation sites (N-methyl/N-ethyl adjacent to an activating group) is 1. The number of carbonyl (C=O) groups excluding carboxylic acids is 1. The van der Waals surface area contributed by atoms with E-state index in [1.807, 2.05) is 42.3 Å². The van der Waals surface area contributed by atoms with Gasteiger partial charge in [0.1, 0.15) is 17.1 Å². The molecule has 29 heavy (non-hydrogen) atoms. The molecule has 1 aliphatic carbocycles. The molecule has 1 amide bonds. The van der Waals surface area contributed by atoms with Gasteiger partial charge in [-0.25, -0.2) is 0 Å². The first-order chi connectivity index (χ1) is 14.0. The molecule has 0 bridgehead atoms. The van der Waals surface area contributed by atoms with E-state index < -0.39 is 0 Å². The van der Waals surface area contributed by atoms with Crippen LogP contribution in [0.3, 0.4) is 0 Å². The number of hydrogen-bond donors (Lipinski definition) is 0. The third kappa shape index (κ3) is 4.10. The second-order valence-corrected chi connectivity index (χ2v) is 8.44. The van der Waals surface area contributed by atoms with Gasteiger partial charge in [-0.05, 0) is 63.1 Å². The summed E-state index contributed by atoms with van der Waals surface area (Å²) in [4.78, 5) is 17.2. The Kier molecular flexibility index (Phi) is 5.50. The maximum Gasteiger partial charge on any atom is 0.253 e. The first kappa shape index (κ1) is 19.8. The lowest BCUT2D eigenvalue weighted by atomic mass is 9.81. The van der Waals surface area contributed by atoms with Gasteiger partial charge < -0.3 is 14.4 Å². The SMILES string of the molecule is COc1ccc(C(=O)N(C)C2CCC3(CC2)CN(C)Cc2ccccc2O3)cc1.